The fourth-order valence-electron chi connectivity index (χ4n) is 3.19. The average Bonchev–Trinajstić information content (AvgIpc) is 2.87. The number of halogens is 1. The first kappa shape index (κ1) is 12.4. The van der Waals surface area contributed by atoms with E-state index >= 15 is 0 Å². The summed E-state index contributed by atoms with van der Waals surface area (Å²) in [6, 6.07) is 0. The molecule has 0 amide bonds. The predicted molar refractivity (Wildman–Crippen MR) is 77.4 cm³/mol. The Morgan fingerprint density at radius 3 is 2.78 bits per heavy atom. The van der Waals surface area contributed by atoms with Gasteiger partial charge in [0.1, 0.15) is 12.1 Å². The van der Waals surface area contributed by atoms with Gasteiger partial charge in [-0.05, 0) is 38.0 Å². The van der Waals surface area contributed by atoms with Gasteiger partial charge in [-0.25, -0.2) is 9.97 Å². The van der Waals surface area contributed by atoms with Gasteiger partial charge in [0.2, 0.25) is 0 Å². The molecular formula is C14H20BrN3. The van der Waals surface area contributed by atoms with Gasteiger partial charge in [0.05, 0.1) is 0 Å². The van der Waals surface area contributed by atoms with Crippen molar-refractivity contribution in [2.75, 3.05) is 18.0 Å². The molecule has 0 saturated carbocycles. The minimum Gasteiger partial charge on any atom is -0.356 e. The molecule has 1 aromatic rings. The number of rotatable bonds is 2. The molecule has 1 saturated heterocycles. The molecule has 0 aromatic carbocycles. The Morgan fingerprint density at radius 1 is 1.28 bits per heavy atom. The summed E-state index contributed by atoms with van der Waals surface area (Å²) < 4.78 is 0. The largest absolute Gasteiger partial charge is 0.356 e. The summed E-state index contributed by atoms with van der Waals surface area (Å²) >= 11 is 3.72. The summed E-state index contributed by atoms with van der Waals surface area (Å²) in [5.74, 6) is 2.04. The first-order valence-electron chi connectivity index (χ1n) is 6.97. The number of alkyl halides is 1. The molecule has 2 heterocycles. The zero-order valence-electron chi connectivity index (χ0n) is 10.9. The van der Waals surface area contributed by atoms with Crippen molar-refractivity contribution in [1.82, 2.24) is 9.97 Å². The summed E-state index contributed by atoms with van der Waals surface area (Å²) in [5.41, 5.74) is 2.71. The van der Waals surface area contributed by atoms with Crippen LogP contribution in [0.1, 0.15) is 37.4 Å². The molecule has 0 bridgehead atoms. The average molecular weight is 310 g/mol. The highest BCUT2D eigenvalue weighted by Crippen LogP contribution is 2.32. The summed E-state index contributed by atoms with van der Waals surface area (Å²) in [7, 11) is 0. The van der Waals surface area contributed by atoms with E-state index in [1.807, 2.05) is 0 Å². The summed E-state index contributed by atoms with van der Waals surface area (Å²) in [5, 5.41) is 0. The van der Waals surface area contributed by atoms with Gasteiger partial charge < -0.3 is 4.90 Å². The van der Waals surface area contributed by atoms with E-state index in [2.05, 4.69) is 37.7 Å². The lowest BCUT2D eigenvalue weighted by molar-refractivity contribution is 0.405. The van der Waals surface area contributed by atoms with Crippen LogP contribution < -0.4 is 4.90 Å². The molecule has 1 aromatic heterocycles. The Balaban J connectivity index is 1.75. The van der Waals surface area contributed by atoms with Crippen molar-refractivity contribution in [3.8, 4) is 0 Å². The van der Waals surface area contributed by atoms with Gasteiger partial charge in [0, 0.05) is 29.2 Å². The van der Waals surface area contributed by atoms with Crippen molar-refractivity contribution in [1.29, 1.82) is 0 Å². The van der Waals surface area contributed by atoms with Crippen molar-refractivity contribution in [2.45, 2.75) is 43.9 Å². The Morgan fingerprint density at radius 2 is 2.06 bits per heavy atom. The van der Waals surface area contributed by atoms with Crippen LogP contribution in [0.2, 0.25) is 0 Å². The van der Waals surface area contributed by atoms with Crippen molar-refractivity contribution >= 4 is 21.7 Å². The van der Waals surface area contributed by atoms with Crippen LogP contribution in [0.15, 0.2) is 6.33 Å². The molecule has 0 N–H and O–H groups in total. The van der Waals surface area contributed by atoms with Gasteiger partial charge in [-0.15, -0.1) is 0 Å². The lowest BCUT2D eigenvalue weighted by atomic mass is 9.94. The van der Waals surface area contributed by atoms with E-state index in [0.29, 0.717) is 4.83 Å². The fraction of sp³-hybridized carbons (Fsp3) is 0.714. The van der Waals surface area contributed by atoms with E-state index < -0.39 is 0 Å². The van der Waals surface area contributed by atoms with Crippen LogP contribution in [0.5, 0.6) is 0 Å². The molecule has 1 unspecified atom stereocenters. The van der Waals surface area contributed by atoms with Crippen LogP contribution in [-0.2, 0) is 12.8 Å². The van der Waals surface area contributed by atoms with Crippen LogP contribution in [0.4, 0.5) is 5.82 Å². The molecule has 1 fully saturated rings. The molecule has 0 spiro atoms. The van der Waals surface area contributed by atoms with Crippen LogP contribution >= 0.6 is 15.9 Å². The third kappa shape index (κ3) is 2.27. The second-order valence-electron chi connectivity index (χ2n) is 5.48. The van der Waals surface area contributed by atoms with E-state index in [1.165, 1.54) is 42.8 Å². The number of anilines is 1. The first-order valence-corrected chi connectivity index (χ1v) is 7.89. The van der Waals surface area contributed by atoms with Crippen LogP contribution in [0, 0.1) is 5.92 Å². The Hall–Kier alpha value is -0.640. The van der Waals surface area contributed by atoms with E-state index in [1.54, 1.807) is 6.33 Å². The van der Waals surface area contributed by atoms with E-state index in [4.69, 9.17) is 0 Å². The van der Waals surface area contributed by atoms with Crippen LogP contribution in [-0.4, -0.2) is 27.9 Å². The smallest absolute Gasteiger partial charge is 0.135 e. The molecule has 98 valence electrons. The maximum absolute atomic E-state index is 4.55. The summed E-state index contributed by atoms with van der Waals surface area (Å²) in [4.78, 5) is 12.1. The van der Waals surface area contributed by atoms with E-state index in [0.717, 1.165) is 25.4 Å². The van der Waals surface area contributed by atoms with Gasteiger partial charge in [-0.3, -0.25) is 0 Å². The van der Waals surface area contributed by atoms with Gasteiger partial charge >= 0.3 is 0 Å². The number of nitrogens with zero attached hydrogens (tertiary/aromatic N) is 3. The minimum absolute atomic E-state index is 0.635. The second-order valence-corrected chi connectivity index (χ2v) is 6.92. The molecule has 18 heavy (non-hydrogen) atoms. The molecule has 3 rings (SSSR count). The molecule has 3 nitrogen and oxygen atoms in total. The van der Waals surface area contributed by atoms with Crippen molar-refractivity contribution in [2.24, 2.45) is 5.92 Å². The number of hydrogen-bond acceptors (Lipinski definition) is 3. The molecule has 4 heteroatoms. The first-order chi connectivity index (χ1) is 8.75. The van der Waals surface area contributed by atoms with Gasteiger partial charge in [0.15, 0.2) is 0 Å². The maximum atomic E-state index is 4.55. The topological polar surface area (TPSA) is 29.0 Å². The number of aryl methyl sites for hydroxylation is 1. The lowest BCUT2D eigenvalue weighted by Gasteiger charge is -2.34. The van der Waals surface area contributed by atoms with Crippen molar-refractivity contribution in [3.63, 3.8) is 0 Å². The second kappa shape index (κ2) is 5.16. The van der Waals surface area contributed by atoms with Crippen LogP contribution in [0.25, 0.3) is 0 Å². The highest BCUT2D eigenvalue weighted by Gasteiger charge is 2.26. The van der Waals surface area contributed by atoms with Crippen molar-refractivity contribution in [3.05, 3.63) is 17.6 Å². The quantitative estimate of drug-likeness (QED) is 0.787. The maximum Gasteiger partial charge on any atom is 0.135 e. The van der Waals surface area contributed by atoms with Crippen molar-refractivity contribution < 1.29 is 0 Å². The third-order valence-electron chi connectivity index (χ3n) is 4.34. The Kier molecular flexibility index (Phi) is 3.55. The van der Waals surface area contributed by atoms with E-state index in [-0.39, 0.29) is 0 Å². The third-order valence-corrected chi connectivity index (χ3v) is 5.09. The minimum atomic E-state index is 0.635. The SMILES string of the molecule is CC(Br)C1CCN(c2ncnc3c2CCC3)CC1. The lowest BCUT2D eigenvalue weighted by Crippen LogP contribution is -2.37. The van der Waals surface area contributed by atoms with Gasteiger partial charge in [0.25, 0.3) is 0 Å². The Labute approximate surface area is 117 Å². The zero-order chi connectivity index (χ0) is 12.5. The number of fused-ring (bicyclic) bond motifs is 1. The summed E-state index contributed by atoms with van der Waals surface area (Å²) in [6.45, 7) is 4.55. The Bertz CT molecular complexity index is 425. The van der Waals surface area contributed by atoms with Gasteiger partial charge in [-0.2, -0.15) is 0 Å². The molecule has 1 aliphatic carbocycles. The fourth-order valence-corrected chi connectivity index (χ4v) is 3.71. The molecule has 1 aliphatic heterocycles. The normalized spacial score (nSPS) is 22.0. The number of aromatic nitrogens is 2. The molecule has 2 aliphatic rings. The van der Waals surface area contributed by atoms with Gasteiger partial charge in [-0.1, -0.05) is 22.9 Å². The molecule has 0 radical (unpaired) electrons. The molecular weight excluding hydrogens is 290 g/mol. The van der Waals surface area contributed by atoms with Crippen LogP contribution in [0.3, 0.4) is 0 Å². The zero-order valence-corrected chi connectivity index (χ0v) is 12.5. The predicted octanol–water partition coefficient (Wildman–Crippen LogP) is 2.97. The number of piperidine rings is 1. The highest BCUT2D eigenvalue weighted by atomic mass is 79.9. The molecule has 1 atom stereocenters. The monoisotopic (exact) mass is 309 g/mol. The standard InChI is InChI=1S/C14H20BrN3/c1-10(15)11-5-7-18(8-6-11)14-12-3-2-4-13(12)16-9-17-14/h9-11H,2-8H2,1H3. The van der Waals surface area contributed by atoms with E-state index in [9.17, 15) is 0 Å². The number of hydrogen-bond donors (Lipinski definition) is 0. The summed E-state index contributed by atoms with van der Waals surface area (Å²) in [6.07, 6.45) is 7.84. The highest BCUT2D eigenvalue weighted by molar-refractivity contribution is 9.09.